The van der Waals surface area contributed by atoms with E-state index in [4.69, 9.17) is 5.73 Å². The van der Waals surface area contributed by atoms with E-state index < -0.39 is 5.69 Å². The maximum atomic E-state index is 10.9. The number of fused-ring (bicyclic) bond motifs is 1. The summed E-state index contributed by atoms with van der Waals surface area (Å²) >= 11 is 0. The maximum Gasteiger partial charge on any atom is 0.348 e. The van der Waals surface area contributed by atoms with Gasteiger partial charge < -0.3 is 5.73 Å². The third-order valence-corrected chi connectivity index (χ3v) is 1.60. The van der Waals surface area contributed by atoms with Crippen LogP contribution in [0.3, 0.4) is 0 Å². The minimum absolute atomic E-state index is 0.248. The molecule has 2 heterocycles. The lowest BCUT2D eigenvalue weighted by Crippen LogP contribution is -2.14. The van der Waals surface area contributed by atoms with Gasteiger partial charge in [-0.05, 0) is 0 Å². The van der Waals surface area contributed by atoms with Gasteiger partial charge >= 0.3 is 5.69 Å². The van der Waals surface area contributed by atoms with Gasteiger partial charge in [0.15, 0.2) is 5.82 Å². The fraction of sp³-hybridized carbons (Fsp3) is 0.143. The Labute approximate surface area is 73.3 Å². The Morgan fingerprint density at radius 3 is 3.23 bits per heavy atom. The van der Waals surface area contributed by atoms with Crippen molar-refractivity contribution in [1.82, 2.24) is 9.97 Å². The largest absolute Gasteiger partial charge is 0.384 e. The highest BCUT2D eigenvalue weighted by atomic mass is 16.1. The first-order valence-electron chi connectivity index (χ1n) is 3.69. The monoisotopic (exact) mass is 177 g/mol. The highest BCUT2D eigenvalue weighted by molar-refractivity contribution is 5.93. The summed E-state index contributed by atoms with van der Waals surface area (Å²) in [7, 11) is 0. The van der Waals surface area contributed by atoms with Crippen LogP contribution in [0.5, 0.6) is 0 Å². The van der Waals surface area contributed by atoms with Crippen LogP contribution in [0.15, 0.2) is 14.8 Å². The minimum atomic E-state index is -0.497. The number of nitrogen functional groups attached to an aromatic ring is 1. The Morgan fingerprint density at radius 2 is 2.38 bits per heavy atom. The van der Waals surface area contributed by atoms with Crippen molar-refractivity contribution in [3.05, 3.63) is 16.0 Å². The first-order chi connectivity index (χ1) is 6.27. The van der Waals surface area contributed by atoms with Gasteiger partial charge in [-0.3, -0.25) is 9.98 Å². The highest BCUT2D eigenvalue weighted by Crippen LogP contribution is 2.16. The SMILES string of the molecule is Nc1[nH]c(=O)nc2c1C=NCC=N2. The number of anilines is 1. The molecule has 1 aliphatic rings. The Bertz CT molecular complexity index is 445. The van der Waals surface area contributed by atoms with Gasteiger partial charge in [-0.1, -0.05) is 0 Å². The molecule has 13 heavy (non-hydrogen) atoms. The van der Waals surface area contributed by atoms with Crippen molar-refractivity contribution >= 4 is 24.1 Å². The highest BCUT2D eigenvalue weighted by Gasteiger charge is 2.07. The number of nitrogens with two attached hydrogens (primary N) is 1. The molecule has 0 amide bonds. The molecule has 1 aromatic rings. The minimum Gasteiger partial charge on any atom is -0.384 e. The molecule has 0 unspecified atom stereocenters. The summed E-state index contributed by atoms with van der Waals surface area (Å²) in [6.45, 7) is 0.476. The van der Waals surface area contributed by atoms with Crippen molar-refractivity contribution in [2.24, 2.45) is 9.98 Å². The molecular weight excluding hydrogens is 170 g/mol. The van der Waals surface area contributed by atoms with Crippen LogP contribution in [0, 0.1) is 0 Å². The summed E-state index contributed by atoms with van der Waals surface area (Å²) in [6.07, 6.45) is 3.13. The van der Waals surface area contributed by atoms with Crippen LogP contribution in [0.4, 0.5) is 11.6 Å². The lowest BCUT2D eigenvalue weighted by atomic mass is 10.3. The average Bonchev–Trinajstić information content (AvgIpc) is 2.28. The van der Waals surface area contributed by atoms with Crippen molar-refractivity contribution in [2.75, 3.05) is 12.3 Å². The molecule has 6 nitrogen and oxygen atoms in total. The number of hydrogen-bond donors (Lipinski definition) is 2. The van der Waals surface area contributed by atoms with E-state index in [1.165, 1.54) is 0 Å². The van der Waals surface area contributed by atoms with Gasteiger partial charge in [0.2, 0.25) is 0 Å². The van der Waals surface area contributed by atoms with Gasteiger partial charge in [0, 0.05) is 12.4 Å². The second kappa shape index (κ2) is 2.81. The molecular formula is C7H7N5O. The number of rotatable bonds is 0. The van der Waals surface area contributed by atoms with E-state index in [-0.39, 0.29) is 5.82 Å². The Balaban J connectivity index is 2.74. The summed E-state index contributed by atoms with van der Waals surface area (Å²) in [5.41, 5.74) is 5.62. The van der Waals surface area contributed by atoms with Gasteiger partial charge in [0.05, 0.1) is 12.1 Å². The number of aliphatic imine (C=N–C) groups is 2. The van der Waals surface area contributed by atoms with E-state index in [9.17, 15) is 4.79 Å². The zero-order valence-corrected chi connectivity index (χ0v) is 6.69. The predicted octanol–water partition coefficient (Wildman–Crippen LogP) is -0.513. The van der Waals surface area contributed by atoms with E-state index >= 15 is 0 Å². The molecule has 3 N–H and O–H groups in total. The van der Waals surface area contributed by atoms with Crippen molar-refractivity contribution in [2.45, 2.75) is 0 Å². The summed E-state index contributed by atoms with van der Waals surface area (Å²) in [6, 6.07) is 0. The van der Waals surface area contributed by atoms with Crippen LogP contribution >= 0.6 is 0 Å². The zero-order chi connectivity index (χ0) is 9.26. The van der Waals surface area contributed by atoms with Crippen molar-refractivity contribution < 1.29 is 0 Å². The Kier molecular flexibility index (Phi) is 1.66. The summed E-state index contributed by atoms with van der Waals surface area (Å²) in [4.78, 5) is 24.9. The molecule has 0 aliphatic carbocycles. The molecule has 0 fully saturated rings. The summed E-state index contributed by atoms with van der Waals surface area (Å²) < 4.78 is 0. The zero-order valence-electron chi connectivity index (χ0n) is 6.69. The van der Waals surface area contributed by atoms with Crippen LogP contribution in [-0.2, 0) is 0 Å². The molecule has 0 bridgehead atoms. The standard InChI is InChI=1S/C7H7N5O/c8-5-4-3-9-1-2-10-6(4)12-7(13)11-5/h2-3H,1H2,(H3,8,11,12,13). The van der Waals surface area contributed by atoms with Crippen LogP contribution < -0.4 is 11.4 Å². The molecule has 0 spiro atoms. The number of nitrogens with zero attached hydrogens (tertiary/aromatic N) is 3. The molecule has 1 aromatic heterocycles. The van der Waals surface area contributed by atoms with Gasteiger partial charge in [-0.2, -0.15) is 4.98 Å². The van der Waals surface area contributed by atoms with E-state index in [1.54, 1.807) is 12.4 Å². The van der Waals surface area contributed by atoms with Crippen molar-refractivity contribution in [3.8, 4) is 0 Å². The van der Waals surface area contributed by atoms with Crippen LogP contribution in [0.2, 0.25) is 0 Å². The second-order valence-corrected chi connectivity index (χ2v) is 2.50. The van der Waals surface area contributed by atoms with Gasteiger partial charge in [-0.15, -0.1) is 0 Å². The van der Waals surface area contributed by atoms with E-state index in [2.05, 4.69) is 20.0 Å². The lowest BCUT2D eigenvalue weighted by Gasteiger charge is -1.99. The lowest BCUT2D eigenvalue weighted by molar-refractivity contribution is 1.07. The van der Waals surface area contributed by atoms with Crippen molar-refractivity contribution in [1.29, 1.82) is 0 Å². The maximum absolute atomic E-state index is 10.9. The van der Waals surface area contributed by atoms with E-state index in [0.717, 1.165) is 0 Å². The molecule has 0 radical (unpaired) electrons. The molecule has 66 valence electrons. The molecule has 0 aromatic carbocycles. The predicted molar refractivity (Wildman–Crippen MR) is 49.9 cm³/mol. The van der Waals surface area contributed by atoms with Crippen molar-refractivity contribution in [3.63, 3.8) is 0 Å². The number of hydrogen-bond acceptors (Lipinski definition) is 5. The van der Waals surface area contributed by atoms with Gasteiger partial charge in [0.25, 0.3) is 0 Å². The fourth-order valence-corrected chi connectivity index (χ4v) is 1.03. The number of H-pyrrole nitrogens is 1. The molecule has 0 atom stereocenters. The van der Waals surface area contributed by atoms with Gasteiger partial charge in [0.1, 0.15) is 5.82 Å². The number of aromatic nitrogens is 2. The smallest absolute Gasteiger partial charge is 0.348 e. The molecule has 0 saturated carbocycles. The normalized spacial score (nSPS) is 13.8. The van der Waals surface area contributed by atoms with Crippen LogP contribution in [-0.4, -0.2) is 28.9 Å². The first-order valence-corrected chi connectivity index (χ1v) is 3.69. The van der Waals surface area contributed by atoms with Crippen LogP contribution in [0.1, 0.15) is 5.56 Å². The molecule has 1 aliphatic heterocycles. The third-order valence-electron chi connectivity index (χ3n) is 1.60. The second-order valence-electron chi connectivity index (χ2n) is 2.50. The average molecular weight is 177 g/mol. The topological polar surface area (TPSA) is 96.5 Å². The van der Waals surface area contributed by atoms with E-state index in [1.807, 2.05) is 0 Å². The quantitative estimate of drug-likeness (QED) is 0.558. The number of aromatic amines is 1. The number of nitrogens with one attached hydrogen (secondary N) is 1. The Hall–Kier alpha value is -1.98. The molecule has 0 saturated heterocycles. The molecule has 6 heteroatoms. The summed E-state index contributed by atoms with van der Waals surface area (Å²) in [5.74, 6) is 0.570. The first kappa shape index (κ1) is 7.66. The third kappa shape index (κ3) is 1.33. The van der Waals surface area contributed by atoms with Gasteiger partial charge in [-0.25, -0.2) is 9.79 Å². The summed E-state index contributed by atoms with van der Waals surface area (Å²) in [5, 5.41) is 0. The van der Waals surface area contributed by atoms with Crippen LogP contribution in [0.25, 0.3) is 0 Å². The fourth-order valence-electron chi connectivity index (χ4n) is 1.03. The molecule has 2 rings (SSSR count). The Morgan fingerprint density at radius 1 is 1.54 bits per heavy atom. The van der Waals surface area contributed by atoms with E-state index in [0.29, 0.717) is 17.9 Å².